The van der Waals surface area contributed by atoms with Crippen molar-refractivity contribution in [3.05, 3.63) is 0 Å². The minimum absolute atomic E-state index is 0.415. The summed E-state index contributed by atoms with van der Waals surface area (Å²) in [5.41, 5.74) is 0.415. The summed E-state index contributed by atoms with van der Waals surface area (Å²) in [6.45, 7) is 3.52. The molecular formula is C11H21NO2S. The molecule has 3 nitrogen and oxygen atoms in total. The molecule has 0 saturated heterocycles. The molecule has 2 aliphatic rings. The minimum atomic E-state index is -2.91. The van der Waals surface area contributed by atoms with Gasteiger partial charge in [0.05, 0.1) is 4.75 Å². The standard InChI is InChI=1S/C11H21NO2S/c1-3-12-9-11(15(2,13)14)7-10(8-11)5-4-6-10/h12H,3-9H2,1-2H3. The van der Waals surface area contributed by atoms with Crippen LogP contribution < -0.4 is 5.32 Å². The summed E-state index contributed by atoms with van der Waals surface area (Å²) < 4.78 is 23.2. The zero-order valence-electron chi connectivity index (χ0n) is 9.67. The number of rotatable bonds is 4. The van der Waals surface area contributed by atoms with Gasteiger partial charge in [-0.1, -0.05) is 13.3 Å². The van der Waals surface area contributed by atoms with Crippen LogP contribution in [0, 0.1) is 5.41 Å². The fourth-order valence-electron chi connectivity index (χ4n) is 3.22. The van der Waals surface area contributed by atoms with Crippen LogP contribution in [0.2, 0.25) is 0 Å². The van der Waals surface area contributed by atoms with Crippen LogP contribution in [0.3, 0.4) is 0 Å². The van der Waals surface area contributed by atoms with Gasteiger partial charge in [-0.05, 0) is 37.6 Å². The Kier molecular flexibility index (Phi) is 2.62. The molecule has 15 heavy (non-hydrogen) atoms. The number of sulfone groups is 1. The Bertz CT molecular complexity index is 336. The second-order valence-electron chi connectivity index (χ2n) is 5.44. The first-order valence-electron chi connectivity index (χ1n) is 5.83. The maximum Gasteiger partial charge on any atom is 0.154 e. The molecule has 2 fully saturated rings. The van der Waals surface area contributed by atoms with E-state index in [1.807, 2.05) is 6.92 Å². The molecule has 0 aromatic carbocycles. The molecule has 0 heterocycles. The van der Waals surface area contributed by atoms with Gasteiger partial charge >= 0.3 is 0 Å². The van der Waals surface area contributed by atoms with Crippen LogP contribution in [0.25, 0.3) is 0 Å². The predicted molar refractivity (Wildman–Crippen MR) is 61.6 cm³/mol. The third-order valence-electron chi connectivity index (χ3n) is 4.29. The molecule has 0 aromatic heterocycles. The molecule has 4 heteroatoms. The monoisotopic (exact) mass is 231 g/mol. The molecule has 0 aromatic rings. The lowest BCUT2D eigenvalue weighted by Gasteiger charge is -2.60. The van der Waals surface area contributed by atoms with Gasteiger partial charge in [0.25, 0.3) is 0 Å². The summed E-state index contributed by atoms with van der Waals surface area (Å²) in [6, 6.07) is 0. The van der Waals surface area contributed by atoms with Crippen LogP contribution >= 0.6 is 0 Å². The normalized spacial score (nSPS) is 27.1. The lowest BCUT2D eigenvalue weighted by atomic mass is 9.51. The van der Waals surface area contributed by atoms with Crippen molar-refractivity contribution in [1.82, 2.24) is 5.32 Å². The van der Waals surface area contributed by atoms with Gasteiger partial charge in [0, 0.05) is 12.8 Å². The quantitative estimate of drug-likeness (QED) is 0.794. The maximum atomic E-state index is 11.8. The Labute approximate surface area is 92.6 Å². The van der Waals surface area contributed by atoms with Gasteiger partial charge in [0.15, 0.2) is 9.84 Å². The summed E-state index contributed by atoms with van der Waals surface area (Å²) >= 11 is 0. The van der Waals surface area contributed by atoms with Gasteiger partial charge in [-0.3, -0.25) is 0 Å². The van der Waals surface area contributed by atoms with Crippen molar-refractivity contribution >= 4 is 9.84 Å². The second kappa shape index (κ2) is 3.45. The molecule has 88 valence electrons. The Hall–Kier alpha value is -0.0900. The smallest absolute Gasteiger partial charge is 0.154 e. The van der Waals surface area contributed by atoms with E-state index in [1.165, 1.54) is 25.5 Å². The predicted octanol–water partition coefficient (Wildman–Crippen LogP) is 1.34. The molecule has 0 amide bonds. The zero-order chi connectivity index (χ0) is 11.2. The summed E-state index contributed by atoms with van der Waals surface area (Å²) in [7, 11) is -2.91. The fourth-order valence-corrected chi connectivity index (χ4v) is 4.72. The SMILES string of the molecule is CCNCC1(S(C)(=O)=O)CC2(CCC2)C1. The Morgan fingerprint density at radius 1 is 1.27 bits per heavy atom. The van der Waals surface area contributed by atoms with Crippen molar-refractivity contribution < 1.29 is 8.42 Å². The van der Waals surface area contributed by atoms with E-state index in [4.69, 9.17) is 0 Å². The lowest BCUT2D eigenvalue weighted by Crippen LogP contribution is -2.63. The molecular weight excluding hydrogens is 210 g/mol. The van der Waals surface area contributed by atoms with Crippen molar-refractivity contribution in [3.63, 3.8) is 0 Å². The maximum absolute atomic E-state index is 11.8. The van der Waals surface area contributed by atoms with E-state index in [-0.39, 0.29) is 0 Å². The highest BCUT2D eigenvalue weighted by Gasteiger charge is 2.61. The first kappa shape index (κ1) is 11.4. The topological polar surface area (TPSA) is 46.2 Å². The Balaban J connectivity index is 2.07. The van der Waals surface area contributed by atoms with Crippen molar-refractivity contribution in [2.75, 3.05) is 19.3 Å². The van der Waals surface area contributed by atoms with E-state index >= 15 is 0 Å². The van der Waals surface area contributed by atoms with Crippen LogP contribution in [0.4, 0.5) is 0 Å². The highest BCUT2D eigenvalue weighted by atomic mass is 32.2. The van der Waals surface area contributed by atoms with Crippen LogP contribution in [-0.4, -0.2) is 32.5 Å². The number of nitrogens with one attached hydrogen (secondary N) is 1. The van der Waals surface area contributed by atoms with Crippen LogP contribution in [-0.2, 0) is 9.84 Å². The average Bonchev–Trinajstić information content (AvgIpc) is 1.97. The number of hydrogen-bond donors (Lipinski definition) is 1. The van der Waals surface area contributed by atoms with Crippen molar-refractivity contribution in [2.24, 2.45) is 5.41 Å². The Morgan fingerprint density at radius 2 is 1.87 bits per heavy atom. The van der Waals surface area contributed by atoms with E-state index in [1.54, 1.807) is 0 Å². The average molecular weight is 231 g/mol. The summed E-state index contributed by atoms with van der Waals surface area (Å²) in [5.74, 6) is 0. The number of hydrogen-bond acceptors (Lipinski definition) is 3. The zero-order valence-corrected chi connectivity index (χ0v) is 10.5. The van der Waals surface area contributed by atoms with Gasteiger partial charge in [-0.15, -0.1) is 0 Å². The third-order valence-corrected chi connectivity index (χ3v) is 6.30. The van der Waals surface area contributed by atoms with Crippen molar-refractivity contribution in [3.8, 4) is 0 Å². The van der Waals surface area contributed by atoms with E-state index in [0.29, 0.717) is 12.0 Å². The van der Waals surface area contributed by atoms with E-state index in [0.717, 1.165) is 19.4 Å². The molecule has 2 aliphatic carbocycles. The lowest BCUT2D eigenvalue weighted by molar-refractivity contribution is -0.00814. The van der Waals surface area contributed by atoms with Crippen LogP contribution in [0.15, 0.2) is 0 Å². The Morgan fingerprint density at radius 3 is 2.20 bits per heavy atom. The highest BCUT2D eigenvalue weighted by molar-refractivity contribution is 7.92. The molecule has 1 spiro atoms. The summed E-state index contributed by atoms with van der Waals surface area (Å²) in [4.78, 5) is 0. The summed E-state index contributed by atoms with van der Waals surface area (Å²) in [5, 5.41) is 3.20. The van der Waals surface area contributed by atoms with Crippen molar-refractivity contribution in [1.29, 1.82) is 0 Å². The molecule has 0 bridgehead atoms. The van der Waals surface area contributed by atoms with E-state index < -0.39 is 14.6 Å². The molecule has 0 atom stereocenters. The minimum Gasteiger partial charge on any atom is -0.315 e. The molecule has 2 rings (SSSR count). The molecule has 2 saturated carbocycles. The fraction of sp³-hybridized carbons (Fsp3) is 1.00. The van der Waals surface area contributed by atoms with Gasteiger partial charge in [-0.25, -0.2) is 8.42 Å². The van der Waals surface area contributed by atoms with Crippen LogP contribution in [0.5, 0.6) is 0 Å². The van der Waals surface area contributed by atoms with E-state index in [9.17, 15) is 8.42 Å². The van der Waals surface area contributed by atoms with E-state index in [2.05, 4.69) is 5.32 Å². The highest BCUT2D eigenvalue weighted by Crippen LogP contribution is 2.62. The molecule has 1 N–H and O–H groups in total. The van der Waals surface area contributed by atoms with Crippen molar-refractivity contribution in [2.45, 2.75) is 43.8 Å². The third kappa shape index (κ3) is 1.72. The molecule has 0 unspecified atom stereocenters. The first-order valence-corrected chi connectivity index (χ1v) is 7.73. The molecule has 0 aliphatic heterocycles. The van der Waals surface area contributed by atoms with Gasteiger partial charge in [-0.2, -0.15) is 0 Å². The summed E-state index contributed by atoms with van der Waals surface area (Å²) in [6.07, 6.45) is 6.97. The first-order chi connectivity index (χ1) is 6.93. The van der Waals surface area contributed by atoms with Gasteiger partial charge < -0.3 is 5.32 Å². The van der Waals surface area contributed by atoms with Gasteiger partial charge in [0.1, 0.15) is 0 Å². The van der Waals surface area contributed by atoms with Gasteiger partial charge in [0.2, 0.25) is 0 Å². The van der Waals surface area contributed by atoms with Crippen LogP contribution in [0.1, 0.15) is 39.0 Å². The largest absolute Gasteiger partial charge is 0.315 e. The molecule has 0 radical (unpaired) electrons. The second-order valence-corrected chi connectivity index (χ2v) is 7.85.